The summed E-state index contributed by atoms with van der Waals surface area (Å²) in [6.45, 7) is 8.88. The molecule has 0 aliphatic carbocycles. The van der Waals surface area contributed by atoms with Crippen LogP contribution < -0.4 is 10.6 Å². The summed E-state index contributed by atoms with van der Waals surface area (Å²) in [7, 11) is 0. The molecular formula is C14H24N4O2. The van der Waals surface area contributed by atoms with E-state index in [4.69, 9.17) is 4.74 Å². The van der Waals surface area contributed by atoms with Crippen LogP contribution in [0, 0.1) is 0 Å². The van der Waals surface area contributed by atoms with E-state index >= 15 is 0 Å². The second-order valence-electron chi connectivity index (χ2n) is 5.58. The van der Waals surface area contributed by atoms with E-state index < -0.39 is 5.60 Å². The van der Waals surface area contributed by atoms with Gasteiger partial charge in [-0.1, -0.05) is 6.92 Å². The van der Waals surface area contributed by atoms with Crippen LogP contribution in [0.4, 0.5) is 4.79 Å². The maximum Gasteiger partial charge on any atom is 0.407 e. The van der Waals surface area contributed by atoms with Crippen LogP contribution >= 0.6 is 0 Å². The molecule has 112 valence electrons. The molecule has 0 aliphatic rings. The number of amides is 1. The molecule has 2 N–H and O–H groups in total. The van der Waals surface area contributed by atoms with Gasteiger partial charge in [-0.15, -0.1) is 0 Å². The van der Waals surface area contributed by atoms with Crippen molar-refractivity contribution in [3.05, 3.63) is 24.3 Å². The van der Waals surface area contributed by atoms with Gasteiger partial charge in [-0.25, -0.2) is 14.8 Å². The Hall–Kier alpha value is -1.69. The second-order valence-corrected chi connectivity index (χ2v) is 5.58. The van der Waals surface area contributed by atoms with Crippen LogP contribution in [-0.2, 0) is 11.3 Å². The minimum absolute atomic E-state index is 0.0340. The van der Waals surface area contributed by atoms with E-state index in [2.05, 4.69) is 20.6 Å². The van der Waals surface area contributed by atoms with Crippen molar-refractivity contribution in [1.82, 2.24) is 20.6 Å². The number of carbonyl (C=O) groups is 1. The topological polar surface area (TPSA) is 76.1 Å². The van der Waals surface area contributed by atoms with Gasteiger partial charge in [0.2, 0.25) is 0 Å². The van der Waals surface area contributed by atoms with Gasteiger partial charge in [-0.05, 0) is 33.3 Å². The molecule has 0 saturated heterocycles. The number of ether oxygens (including phenoxy) is 1. The molecular weight excluding hydrogens is 256 g/mol. The molecule has 1 amide bonds. The Morgan fingerprint density at radius 2 is 2.20 bits per heavy atom. The van der Waals surface area contributed by atoms with Crippen LogP contribution in [-0.4, -0.2) is 34.2 Å². The Balaban J connectivity index is 2.31. The van der Waals surface area contributed by atoms with E-state index in [1.807, 2.05) is 33.8 Å². The normalized spacial score (nSPS) is 12.8. The largest absolute Gasteiger partial charge is 0.444 e. The highest BCUT2D eigenvalue weighted by atomic mass is 16.6. The monoisotopic (exact) mass is 280 g/mol. The Bertz CT molecular complexity index is 403. The van der Waals surface area contributed by atoms with Gasteiger partial charge in [0.05, 0.1) is 5.69 Å². The van der Waals surface area contributed by atoms with Crippen LogP contribution in [0.2, 0.25) is 0 Å². The van der Waals surface area contributed by atoms with Crippen molar-refractivity contribution in [2.24, 2.45) is 0 Å². The number of nitrogens with one attached hydrogen (secondary N) is 2. The lowest BCUT2D eigenvalue weighted by atomic mass is 10.2. The molecule has 1 rings (SSSR count). The molecule has 1 unspecified atom stereocenters. The number of nitrogens with zero attached hydrogens (tertiary/aromatic N) is 2. The molecule has 1 aromatic rings. The van der Waals surface area contributed by atoms with E-state index in [9.17, 15) is 4.79 Å². The van der Waals surface area contributed by atoms with Gasteiger partial charge in [0.1, 0.15) is 11.9 Å². The summed E-state index contributed by atoms with van der Waals surface area (Å²) in [4.78, 5) is 19.7. The van der Waals surface area contributed by atoms with Crippen molar-refractivity contribution < 1.29 is 9.53 Å². The van der Waals surface area contributed by atoms with Crippen LogP contribution in [0.15, 0.2) is 18.6 Å². The first-order chi connectivity index (χ1) is 9.40. The maximum absolute atomic E-state index is 11.7. The van der Waals surface area contributed by atoms with E-state index in [1.165, 1.54) is 6.33 Å². The fourth-order valence-corrected chi connectivity index (χ4v) is 1.57. The van der Waals surface area contributed by atoms with E-state index in [0.717, 1.165) is 12.1 Å². The SMILES string of the molecule is CCC(CNCc1ccncn1)NC(=O)OC(C)(C)C. The molecule has 0 fully saturated rings. The molecule has 0 aliphatic heterocycles. The van der Waals surface area contributed by atoms with E-state index in [1.54, 1.807) is 6.20 Å². The van der Waals surface area contributed by atoms with E-state index in [-0.39, 0.29) is 12.1 Å². The van der Waals surface area contributed by atoms with Crippen LogP contribution in [0.5, 0.6) is 0 Å². The van der Waals surface area contributed by atoms with Crippen molar-refractivity contribution in [2.45, 2.75) is 52.3 Å². The summed E-state index contributed by atoms with van der Waals surface area (Å²) < 4.78 is 5.24. The predicted octanol–water partition coefficient (Wildman–Crippen LogP) is 1.87. The third kappa shape index (κ3) is 7.04. The Labute approximate surface area is 120 Å². The lowest BCUT2D eigenvalue weighted by Gasteiger charge is -2.23. The average Bonchev–Trinajstić information content (AvgIpc) is 2.36. The molecule has 0 spiro atoms. The number of alkyl carbamates (subject to hydrolysis) is 1. The molecule has 0 aromatic carbocycles. The van der Waals surface area contributed by atoms with Gasteiger partial charge >= 0.3 is 6.09 Å². The molecule has 0 saturated carbocycles. The quantitative estimate of drug-likeness (QED) is 0.832. The Morgan fingerprint density at radius 3 is 2.75 bits per heavy atom. The molecule has 6 heteroatoms. The van der Waals surface area contributed by atoms with Crippen molar-refractivity contribution in [2.75, 3.05) is 6.54 Å². The van der Waals surface area contributed by atoms with Gasteiger partial charge < -0.3 is 15.4 Å². The summed E-state index contributed by atoms with van der Waals surface area (Å²) >= 11 is 0. The van der Waals surface area contributed by atoms with Crippen molar-refractivity contribution in [3.8, 4) is 0 Å². The first-order valence-electron chi connectivity index (χ1n) is 6.86. The highest BCUT2D eigenvalue weighted by Crippen LogP contribution is 2.07. The third-order valence-corrected chi connectivity index (χ3v) is 2.55. The summed E-state index contributed by atoms with van der Waals surface area (Å²) in [6.07, 6.45) is 3.68. The molecule has 1 aromatic heterocycles. The second kappa shape index (κ2) is 7.79. The molecule has 0 bridgehead atoms. The van der Waals surface area contributed by atoms with Crippen molar-refractivity contribution in [3.63, 3.8) is 0 Å². The summed E-state index contributed by atoms with van der Waals surface area (Å²) in [5, 5.41) is 6.11. The number of rotatable bonds is 6. The summed E-state index contributed by atoms with van der Waals surface area (Å²) in [5.74, 6) is 0. The van der Waals surface area contributed by atoms with Crippen LogP contribution in [0.3, 0.4) is 0 Å². The number of hydrogen-bond acceptors (Lipinski definition) is 5. The van der Waals surface area contributed by atoms with Gasteiger partial charge in [0.25, 0.3) is 0 Å². The zero-order valence-electron chi connectivity index (χ0n) is 12.6. The number of aromatic nitrogens is 2. The van der Waals surface area contributed by atoms with Crippen LogP contribution in [0.1, 0.15) is 39.8 Å². The Morgan fingerprint density at radius 1 is 1.45 bits per heavy atom. The lowest BCUT2D eigenvalue weighted by Crippen LogP contribution is -2.43. The first-order valence-corrected chi connectivity index (χ1v) is 6.86. The molecule has 6 nitrogen and oxygen atoms in total. The minimum Gasteiger partial charge on any atom is -0.444 e. The maximum atomic E-state index is 11.7. The number of hydrogen-bond donors (Lipinski definition) is 2. The summed E-state index contributed by atoms with van der Waals surface area (Å²) in [6, 6.07) is 1.89. The minimum atomic E-state index is -0.475. The predicted molar refractivity (Wildman–Crippen MR) is 77.2 cm³/mol. The smallest absolute Gasteiger partial charge is 0.407 e. The van der Waals surface area contributed by atoms with E-state index in [0.29, 0.717) is 13.1 Å². The molecule has 1 heterocycles. The fraction of sp³-hybridized carbons (Fsp3) is 0.643. The van der Waals surface area contributed by atoms with Crippen molar-refractivity contribution >= 4 is 6.09 Å². The first kappa shape index (κ1) is 16.4. The zero-order valence-corrected chi connectivity index (χ0v) is 12.6. The molecule has 20 heavy (non-hydrogen) atoms. The molecule has 1 atom stereocenters. The lowest BCUT2D eigenvalue weighted by molar-refractivity contribution is 0.0502. The standard InChI is InChI=1S/C14H24N4O2/c1-5-11(18-13(19)20-14(2,3)4)8-16-9-12-6-7-15-10-17-12/h6-7,10-11,16H,5,8-9H2,1-4H3,(H,18,19). The van der Waals surface area contributed by atoms with Gasteiger partial charge in [0, 0.05) is 25.3 Å². The highest BCUT2D eigenvalue weighted by Gasteiger charge is 2.18. The summed E-state index contributed by atoms with van der Waals surface area (Å²) in [5.41, 5.74) is 0.448. The Kier molecular flexibility index (Phi) is 6.38. The zero-order chi connectivity index (χ0) is 15.0. The van der Waals surface area contributed by atoms with Crippen LogP contribution in [0.25, 0.3) is 0 Å². The highest BCUT2D eigenvalue weighted by molar-refractivity contribution is 5.68. The number of carbonyl (C=O) groups excluding carboxylic acids is 1. The van der Waals surface area contributed by atoms with Crippen molar-refractivity contribution in [1.29, 1.82) is 0 Å². The average molecular weight is 280 g/mol. The van der Waals surface area contributed by atoms with Gasteiger partial charge in [-0.2, -0.15) is 0 Å². The van der Waals surface area contributed by atoms with Gasteiger partial charge in [-0.3, -0.25) is 0 Å². The molecule has 0 radical (unpaired) electrons. The van der Waals surface area contributed by atoms with Gasteiger partial charge in [0.15, 0.2) is 0 Å². The fourth-order valence-electron chi connectivity index (χ4n) is 1.57. The third-order valence-electron chi connectivity index (χ3n) is 2.55.